The average molecular weight is 171 g/mol. The zero-order chi connectivity index (χ0) is 8.97. The summed E-state index contributed by atoms with van der Waals surface area (Å²) in [6.07, 6.45) is 3.25. The largest absolute Gasteiger partial charge is 0.501 e. The Labute approximate surface area is 73.4 Å². The van der Waals surface area contributed by atoms with Crippen molar-refractivity contribution >= 4 is 0 Å². The first-order chi connectivity index (χ1) is 5.75. The van der Waals surface area contributed by atoms with Crippen LogP contribution in [0.25, 0.3) is 0 Å². The standard InChI is InChI=1S/C9H17NO2/c1-7(10-2)9(11)8-4-3-5-12-6-8/h6-7,9-11H,3-5H2,1-2H3/t7-,9?/m0/s1. The third kappa shape index (κ3) is 2.22. The quantitative estimate of drug-likeness (QED) is 0.655. The van der Waals surface area contributed by atoms with Crippen molar-refractivity contribution < 1.29 is 9.84 Å². The van der Waals surface area contributed by atoms with E-state index in [2.05, 4.69) is 5.32 Å². The first-order valence-corrected chi connectivity index (χ1v) is 4.41. The maximum atomic E-state index is 9.73. The van der Waals surface area contributed by atoms with Crippen LogP contribution in [0.4, 0.5) is 0 Å². The van der Waals surface area contributed by atoms with Gasteiger partial charge in [0, 0.05) is 6.04 Å². The molecule has 0 aliphatic carbocycles. The fourth-order valence-electron chi connectivity index (χ4n) is 1.28. The summed E-state index contributed by atoms with van der Waals surface area (Å²) in [6.45, 7) is 2.74. The molecule has 1 rings (SSSR count). The van der Waals surface area contributed by atoms with Gasteiger partial charge < -0.3 is 15.2 Å². The molecule has 12 heavy (non-hydrogen) atoms. The predicted molar refractivity (Wildman–Crippen MR) is 47.8 cm³/mol. The topological polar surface area (TPSA) is 41.5 Å². The van der Waals surface area contributed by atoms with E-state index in [-0.39, 0.29) is 6.04 Å². The molecule has 0 fully saturated rings. The number of hydrogen-bond donors (Lipinski definition) is 2. The Balaban J connectivity index is 2.49. The van der Waals surface area contributed by atoms with Crippen LogP contribution < -0.4 is 5.32 Å². The van der Waals surface area contributed by atoms with Gasteiger partial charge in [0.25, 0.3) is 0 Å². The molecule has 2 atom stereocenters. The van der Waals surface area contributed by atoms with Crippen LogP contribution in [0.15, 0.2) is 11.8 Å². The number of rotatable bonds is 3. The van der Waals surface area contributed by atoms with E-state index in [4.69, 9.17) is 4.74 Å². The molecule has 3 heteroatoms. The number of aliphatic hydroxyl groups excluding tert-OH is 1. The van der Waals surface area contributed by atoms with Gasteiger partial charge >= 0.3 is 0 Å². The molecular formula is C9H17NO2. The van der Waals surface area contributed by atoms with Crippen molar-refractivity contribution in [3.63, 3.8) is 0 Å². The van der Waals surface area contributed by atoms with Crippen molar-refractivity contribution in [1.82, 2.24) is 5.32 Å². The van der Waals surface area contributed by atoms with Gasteiger partial charge in [0.1, 0.15) is 0 Å². The predicted octanol–water partition coefficient (Wildman–Crippen LogP) is 0.649. The van der Waals surface area contributed by atoms with Crippen LogP contribution in [0.5, 0.6) is 0 Å². The minimum Gasteiger partial charge on any atom is -0.501 e. The Morgan fingerprint density at radius 1 is 1.67 bits per heavy atom. The molecule has 0 aromatic carbocycles. The van der Waals surface area contributed by atoms with E-state index in [1.807, 2.05) is 14.0 Å². The fourth-order valence-corrected chi connectivity index (χ4v) is 1.28. The Bertz CT molecular complexity index is 168. The average Bonchev–Trinajstić information content (AvgIpc) is 2.17. The van der Waals surface area contributed by atoms with Gasteiger partial charge in [-0.25, -0.2) is 0 Å². The monoisotopic (exact) mass is 171 g/mol. The van der Waals surface area contributed by atoms with E-state index in [0.717, 1.165) is 25.0 Å². The minimum absolute atomic E-state index is 0.0953. The normalized spacial score (nSPS) is 22.4. The Hall–Kier alpha value is -0.540. The lowest BCUT2D eigenvalue weighted by Crippen LogP contribution is -2.36. The molecule has 1 aliphatic heterocycles. The Morgan fingerprint density at radius 2 is 2.42 bits per heavy atom. The lowest BCUT2D eigenvalue weighted by atomic mass is 10.00. The number of ether oxygens (including phenoxy) is 1. The van der Waals surface area contributed by atoms with Crippen LogP contribution in [0.2, 0.25) is 0 Å². The first kappa shape index (κ1) is 9.55. The van der Waals surface area contributed by atoms with Crippen molar-refractivity contribution in [2.45, 2.75) is 31.9 Å². The molecule has 0 aromatic heterocycles. The molecule has 0 saturated carbocycles. The van der Waals surface area contributed by atoms with Crippen LogP contribution >= 0.6 is 0 Å². The molecule has 70 valence electrons. The minimum atomic E-state index is -0.407. The molecule has 3 nitrogen and oxygen atoms in total. The summed E-state index contributed by atoms with van der Waals surface area (Å²) in [5.41, 5.74) is 1.00. The maximum Gasteiger partial charge on any atom is 0.0932 e. The summed E-state index contributed by atoms with van der Waals surface area (Å²) in [4.78, 5) is 0. The highest BCUT2D eigenvalue weighted by Gasteiger charge is 2.18. The van der Waals surface area contributed by atoms with E-state index in [0.29, 0.717) is 0 Å². The zero-order valence-corrected chi connectivity index (χ0v) is 7.71. The van der Waals surface area contributed by atoms with Crippen LogP contribution in [-0.2, 0) is 4.74 Å². The van der Waals surface area contributed by atoms with E-state index in [1.54, 1.807) is 6.26 Å². The number of aliphatic hydroxyl groups is 1. The van der Waals surface area contributed by atoms with Gasteiger partial charge in [-0.15, -0.1) is 0 Å². The molecule has 0 radical (unpaired) electrons. The summed E-state index contributed by atoms with van der Waals surface area (Å²) >= 11 is 0. The molecule has 1 unspecified atom stereocenters. The second-order valence-electron chi connectivity index (χ2n) is 3.19. The van der Waals surface area contributed by atoms with Crippen molar-refractivity contribution in [3.8, 4) is 0 Å². The van der Waals surface area contributed by atoms with Gasteiger partial charge in [-0.1, -0.05) is 0 Å². The van der Waals surface area contributed by atoms with Gasteiger partial charge in [-0.2, -0.15) is 0 Å². The zero-order valence-electron chi connectivity index (χ0n) is 7.71. The molecule has 0 amide bonds. The van der Waals surface area contributed by atoms with Crippen molar-refractivity contribution in [1.29, 1.82) is 0 Å². The fraction of sp³-hybridized carbons (Fsp3) is 0.778. The molecule has 0 saturated heterocycles. The van der Waals surface area contributed by atoms with Crippen LogP contribution in [0.1, 0.15) is 19.8 Å². The number of hydrogen-bond acceptors (Lipinski definition) is 3. The van der Waals surface area contributed by atoms with Crippen LogP contribution in [-0.4, -0.2) is 30.9 Å². The van der Waals surface area contributed by atoms with E-state index < -0.39 is 6.10 Å². The SMILES string of the molecule is CN[C@@H](C)C(O)C1=COCCC1. The third-order valence-corrected chi connectivity index (χ3v) is 2.27. The maximum absolute atomic E-state index is 9.73. The summed E-state index contributed by atoms with van der Waals surface area (Å²) in [6, 6.07) is 0.0953. The van der Waals surface area contributed by atoms with Crippen molar-refractivity contribution in [2.75, 3.05) is 13.7 Å². The van der Waals surface area contributed by atoms with Crippen molar-refractivity contribution in [2.24, 2.45) is 0 Å². The number of likely N-dealkylation sites (N-methyl/N-ethyl adjacent to an activating group) is 1. The second kappa shape index (κ2) is 4.48. The second-order valence-corrected chi connectivity index (χ2v) is 3.19. The third-order valence-electron chi connectivity index (χ3n) is 2.27. The molecule has 0 aromatic rings. The van der Waals surface area contributed by atoms with Crippen molar-refractivity contribution in [3.05, 3.63) is 11.8 Å². The summed E-state index contributed by atoms with van der Waals surface area (Å²) in [7, 11) is 1.85. The van der Waals surface area contributed by atoms with Crippen LogP contribution in [0.3, 0.4) is 0 Å². The van der Waals surface area contributed by atoms with Gasteiger partial charge in [-0.05, 0) is 32.4 Å². The van der Waals surface area contributed by atoms with Crippen LogP contribution in [0, 0.1) is 0 Å². The molecular weight excluding hydrogens is 154 g/mol. The summed E-state index contributed by atoms with van der Waals surface area (Å²) < 4.78 is 5.15. The lowest BCUT2D eigenvalue weighted by molar-refractivity contribution is 0.144. The molecule has 1 heterocycles. The molecule has 2 N–H and O–H groups in total. The summed E-state index contributed by atoms with van der Waals surface area (Å²) in [5, 5.41) is 12.7. The van der Waals surface area contributed by atoms with Gasteiger partial charge in [0.2, 0.25) is 0 Å². The first-order valence-electron chi connectivity index (χ1n) is 4.41. The van der Waals surface area contributed by atoms with E-state index >= 15 is 0 Å². The summed E-state index contributed by atoms with van der Waals surface area (Å²) in [5.74, 6) is 0. The number of nitrogens with one attached hydrogen (secondary N) is 1. The lowest BCUT2D eigenvalue weighted by Gasteiger charge is -2.23. The Kier molecular flexibility index (Phi) is 3.56. The molecule has 0 spiro atoms. The smallest absolute Gasteiger partial charge is 0.0932 e. The van der Waals surface area contributed by atoms with E-state index in [9.17, 15) is 5.11 Å². The highest BCUT2D eigenvalue weighted by atomic mass is 16.5. The molecule has 1 aliphatic rings. The van der Waals surface area contributed by atoms with Gasteiger partial charge in [0.15, 0.2) is 0 Å². The van der Waals surface area contributed by atoms with Gasteiger partial charge in [0.05, 0.1) is 19.0 Å². The van der Waals surface area contributed by atoms with E-state index in [1.165, 1.54) is 0 Å². The highest BCUT2D eigenvalue weighted by molar-refractivity contribution is 5.09. The Morgan fingerprint density at radius 3 is 2.92 bits per heavy atom. The molecule has 0 bridgehead atoms. The highest BCUT2D eigenvalue weighted by Crippen LogP contribution is 2.17. The van der Waals surface area contributed by atoms with Gasteiger partial charge in [-0.3, -0.25) is 0 Å².